The zero-order valence-corrected chi connectivity index (χ0v) is 11.6. The minimum atomic E-state index is 0.581. The van der Waals surface area contributed by atoms with Gasteiger partial charge in [0.05, 0.1) is 22.6 Å². The summed E-state index contributed by atoms with van der Waals surface area (Å²) < 4.78 is 2.57. The van der Waals surface area contributed by atoms with E-state index in [2.05, 4.69) is 26.0 Å². The molecule has 0 unspecified atom stereocenters. The van der Waals surface area contributed by atoms with E-state index in [1.165, 1.54) is 0 Å². The van der Waals surface area contributed by atoms with Crippen molar-refractivity contribution in [2.24, 2.45) is 0 Å². The molecule has 2 aromatic heterocycles. The standard InChI is InChI=1S/C14H11BrN4/c15-12-7-17-8-13(16)14(12)19-9-11(6-18-19)10-4-2-1-3-5-10/h1-9H,16H2. The molecule has 0 amide bonds. The average molecular weight is 315 g/mol. The van der Waals surface area contributed by atoms with Gasteiger partial charge in [-0.15, -0.1) is 0 Å². The van der Waals surface area contributed by atoms with Gasteiger partial charge < -0.3 is 5.73 Å². The number of pyridine rings is 1. The minimum Gasteiger partial charge on any atom is -0.396 e. The second-order valence-corrected chi connectivity index (χ2v) is 4.95. The molecule has 19 heavy (non-hydrogen) atoms. The van der Waals surface area contributed by atoms with Gasteiger partial charge in [-0.1, -0.05) is 30.3 Å². The molecule has 3 rings (SSSR count). The lowest BCUT2D eigenvalue weighted by molar-refractivity contribution is 0.875. The second-order valence-electron chi connectivity index (χ2n) is 4.10. The van der Waals surface area contributed by atoms with Gasteiger partial charge in [0.1, 0.15) is 5.69 Å². The fraction of sp³-hybridized carbons (Fsp3) is 0. The molecule has 5 heteroatoms. The number of anilines is 1. The molecule has 3 aromatic rings. The van der Waals surface area contributed by atoms with Crippen molar-refractivity contribution in [1.82, 2.24) is 14.8 Å². The number of aromatic nitrogens is 3. The molecule has 2 heterocycles. The summed E-state index contributed by atoms with van der Waals surface area (Å²) in [4.78, 5) is 4.02. The third-order valence-electron chi connectivity index (χ3n) is 2.82. The fourth-order valence-corrected chi connectivity index (χ4v) is 2.44. The molecular weight excluding hydrogens is 304 g/mol. The maximum Gasteiger partial charge on any atom is 0.105 e. The molecule has 0 spiro atoms. The van der Waals surface area contributed by atoms with Gasteiger partial charge in [-0.05, 0) is 21.5 Å². The van der Waals surface area contributed by atoms with Crippen molar-refractivity contribution in [2.75, 3.05) is 5.73 Å². The summed E-state index contributed by atoms with van der Waals surface area (Å²) in [6.45, 7) is 0. The predicted molar refractivity (Wildman–Crippen MR) is 78.9 cm³/mol. The fourth-order valence-electron chi connectivity index (χ4n) is 1.91. The number of nitrogen functional groups attached to an aromatic ring is 1. The largest absolute Gasteiger partial charge is 0.396 e. The van der Waals surface area contributed by atoms with E-state index in [-0.39, 0.29) is 0 Å². The van der Waals surface area contributed by atoms with Crippen LogP contribution in [0.25, 0.3) is 16.8 Å². The molecule has 0 saturated heterocycles. The van der Waals surface area contributed by atoms with Crippen molar-refractivity contribution < 1.29 is 0 Å². The summed E-state index contributed by atoms with van der Waals surface area (Å²) in [5.41, 5.74) is 9.50. The Labute approximate surface area is 119 Å². The Morgan fingerprint density at radius 2 is 1.79 bits per heavy atom. The van der Waals surface area contributed by atoms with E-state index in [1.807, 2.05) is 42.7 Å². The Morgan fingerprint density at radius 1 is 1.00 bits per heavy atom. The van der Waals surface area contributed by atoms with Crippen molar-refractivity contribution in [3.63, 3.8) is 0 Å². The predicted octanol–water partition coefficient (Wildman–Crippen LogP) is 3.28. The van der Waals surface area contributed by atoms with E-state index >= 15 is 0 Å². The summed E-state index contributed by atoms with van der Waals surface area (Å²) in [5.74, 6) is 0. The van der Waals surface area contributed by atoms with Crippen LogP contribution in [-0.4, -0.2) is 14.8 Å². The molecule has 0 atom stereocenters. The first kappa shape index (κ1) is 11.9. The van der Waals surface area contributed by atoms with Gasteiger partial charge in [0.2, 0.25) is 0 Å². The van der Waals surface area contributed by atoms with Gasteiger partial charge in [0.15, 0.2) is 0 Å². The van der Waals surface area contributed by atoms with E-state index in [0.717, 1.165) is 21.3 Å². The van der Waals surface area contributed by atoms with Crippen LogP contribution in [0.5, 0.6) is 0 Å². The van der Waals surface area contributed by atoms with Crippen molar-refractivity contribution in [3.8, 4) is 16.8 Å². The van der Waals surface area contributed by atoms with E-state index in [0.29, 0.717) is 5.69 Å². The molecule has 0 aliphatic rings. The van der Waals surface area contributed by atoms with Crippen LogP contribution in [0.1, 0.15) is 0 Å². The Bertz CT molecular complexity index is 686. The van der Waals surface area contributed by atoms with E-state index in [9.17, 15) is 0 Å². The third-order valence-corrected chi connectivity index (χ3v) is 3.40. The number of halogens is 1. The van der Waals surface area contributed by atoms with Gasteiger partial charge in [0, 0.05) is 18.0 Å². The highest BCUT2D eigenvalue weighted by Gasteiger charge is 2.09. The molecule has 0 bridgehead atoms. The molecule has 0 radical (unpaired) electrons. The number of hydrogen-bond acceptors (Lipinski definition) is 3. The Morgan fingerprint density at radius 3 is 2.53 bits per heavy atom. The molecular formula is C14H11BrN4. The van der Waals surface area contributed by atoms with Crippen LogP contribution in [0.2, 0.25) is 0 Å². The summed E-state index contributed by atoms with van der Waals surface area (Å²) >= 11 is 3.45. The summed E-state index contributed by atoms with van der Waals surface area (Å²) in [6.07, 6.45) is 7.09. The van der Waals surface area contributed by atoms with Gasteiger partial charge in [0.25, 0.3) is 0 Å². The molecule has 2 N–H and O–H groups in total. The van der Waals surface area contributed by atoms with Gasteiger partial charge in [-0.25, -0.2) is 4.68 Å². The van der Waals surface area contributed by atoms with Crippen molar-refractivity contribution in [2.45, 2.75) is 0 Å². The second kappa shape index (κ2) is 4.85. The highest BCUT2D eigenvalue weighted by molar-refractivity contribution is 9.10. The molecule has 94 valence electrons. The number of rotatable bonds is 2. The number of nitrogens with two attached hydrogens (primary N) is 1. The maximum absolute atomic E-state index is 5.95. The average Bonchev–Trinajstić information content (AvgIpc) is 2.89. The molecule has 0 aliphatic heterocycles. The lowest BCUT2D eigenvalue weighted by Gasteiger charge is -2.06. The first-order valence-electron chi connectivity index (χ1n) is 5.75. The van der Waals surface area contributed by atoms with Crippen molar-refractivity contribution in [3.05, 3.63) is 59.6 Å². The highest BCUT2D eigenvalue weighted by atomic mass is 79.9. The van der Waals surface area contributed by atoms with Crippen LogP contribution >= 0.6 is 15.9 Å². The van der Waals surface area contributed by atoms with E-state index < -0.39 is 0 Å². The molecule has 0 fully saturated rings. The van der Waals surface area contributed by atoms with E-state index in [4.69, 9.17) is 5.73 Å². The lowest BCUT2D eigenvalue weighted by Crippen LogP contribution is -2.01. The van der Waals surface area contributed by atoms with Crippen LogP contribution in [0.15, 0.2) is 59.6 Å². The summed E-state index contributed by atoms with van der Waals surface area (Å²) in [5, 5.41) is 4.36. The zero-order chi connectivity index (χ0) is 13.2. The topological polar surface area (TPSA) is 56.7 Å². The van der Waals surface area contributed by atoms with Crippen LogP contribution < -0.4 is 5.73 Å². The Kier molecular flexibility index (Phi) is 3.05. The number of benzene rings is 1. The first-order chi connectivity index (χ1) is 9.25. The Balaban J connectivity index is 2.07. The zero-order valence-electron chi connectivity index (χ0n) is 9.99. The van der Waals surface area contributed by atoms with E-state index in [1.54, 1.807) is 17.1 Å². The molecule has 4 nitrogen and oxygen atoms in total. The van der Waals surface area contributed by atoms with Crippen LogP contribution in [0, 0.1) is 0 Å². The van der Waals surface area contributed by atoms with Crippen molar-refractivity contribution in [1.29, 1.82) is 0 Å². The Hall–Kier alpha value is -2.14. The quantitative estimate of drug-likeness (QED) is 0.789. The lowest BCUT2D eigenvalue weighted by atomic mass is 10.1. The van der Waals surface area contributed by atoms with Crippen LogP contribution in [0.3, 0.4) is 0 Å². The maximum atomic E-state index is 5.95. The summed E-state index contributed by atoms with van der Waals surface area (Å²) in [6, 6.07) is 10.1. The number of nitrogens with zero attached hydrogens (tertiary/aromatic N) is 3. The molecule has 0 aliphatic carbocycles. The van der Waals surface area contributed by atoms with Crippen LogP contribution in [0.4, 0.5) is 5.69 Å². The van der Waals surface area contributed by atoms with Gasteiger partial charge in [-0.3, -0.25) is 4.98 Å². The molecule has 1 aromatic carbocycles. The monoisotopic (exact) mass is 314 g/mol. The smallest absolute Gasteiger partial charge is 0.105 e. The minimum absolute atomic E-state index is 0.581. The van der Waals surface area contributed by atoms with Gasteiger partial charge >= 0.3 is 0 Å². The SMILES string of the molecule is Nc1cncc(Br)c1-n1cc(-c2ccccc2)cn1. The summed E-state index contributed by atoms with van der Waals surface area (Å²) in [7, 11) is 0. The van der Waals surface area contributed by atoms with Crippen LogP contribution in [-0.2, 0) is 0 Å². The molecule has 0 saturated carbocycles. The number of hydrogen-bond donors (Lipinski definition) is 1. The highest BCUT2D eigenvalue weighted by Crippen LogP contribution is 2.27. The van der Waals surface area contributed by atoms with Gasteiger partial charge in [-0.2, -0.15) is 5.10 Å². The first-order valence-corrected chi connectivity index (χ1v) is 6.54. The van der Waals surface area contributed by atoms with Crippen molar-refractivity contribution >= 4 is 21.6 Å². The normalized spacial score (nSPS) is 10.6. The third kappa shape index (κ3) is 2.24.